The first-order valence-electron chi connectivity index (χ1n) is 6.48. The first-order chi connectivity index (χ1) is 9.41. The number of rotatable bonds is 7. The zero-order valence-corrected chi connectivity index (χ0v) is 12.9. The highest BCUT2D eigenvalue weighted by Crippen LogP contribution is 2.08. The Bertz CT molecular complexity index is 527. The van der Waals surface area contributed by atoms with Gasteiger partial charge in [0.05, 0.1) is 6.54 Å². The van der Waals surface area contributed by atoms with Crippen LogP contribution in [0.5, 0.6) is 0 Å². The Balaban J connectivity index is 2.66. The van der Waals surface area contributed by atoms with E-state index in [0.717, 1.165) is 4.31 Å². The van der Waals surface area contributed by atoms with Gasteiger partial charge >= 0.3 is 0 Å². The van der Waals surface area contributed by atoms with Crippen molar-refractivity contribution in [2.24, 2.45) is 0 Å². The van der Waals surface area contributed by atoms with Crippen LogP contribution in [0.15, 0.2) is 30.3 Å². The van der Waals surface area contributed by atoms with Gasteiger partial charge in [0.25, 0.3) is 10.2 Å². The minimum atomic E-state index is -3.58. The monoisotopic (exact) mass is 299 g/mol. The molecule has 1 aromatic rings. The molecule has 0 unspecified atom stereocenters. The molecule has 0 radical (unpaired) electrons. The maximum absolute atomic E-state index is 12.2. The van der Waals surface area contributed by atoms with Crippen LogP contribution in [-0.4, -0.2) is 49.6 Å². The predicted octanol–water partition coefficient (Wildman–Crippen LogP) is 1.14. The van der Waals surface area contributed by atoms with Gasteiger partial charge in [0.2, 0.25) is 5.91 Å². The number of hydrogen-bond acceptors (Lipinski definition) is 3. The van der Waals surface area contributed by atoms with E-state index >= 15 is 0 Å². The maximum Gasteiger partial charge on any atom is 0.282 e. The molecule has 0 aliphatic carbocycles. The zero-order valence-electron chi connectivity index (χ0n) is 12.0. The second kappa shape index (κ2) is 7.37. The molecule has 7 heteroatoms. The van der Waals surface area contributed by atoms with Crippen molar-refractivity contribution in [1.29, 1.82) is 0 Å². The summed E-state index contributed by atoms with van der Waals surface area (Å²) in [5, 5.41) is 2.66. The number of hydrogen-bond donors (Lipinski definition) is 1. The van der Waals surface area contributed by atoms with Crippen molar-refractivity contribution in [2.75, 3.05) is 32.0 Å². The molecule has 1 amide bonds. The predicted molar refractivity (Wildman–Crippen MR) is 79.5 cm³/mol. The molecule has 0 aliphatic rings. The van der Waals surface area contributed by atoms with Crippen molar-refractivity contribution in [2.45, 2.75) is 13.8 Å². The normalized spacial score (nSPS) is 11.8. The van der Waals surface area contributed by atoms with E-state index in [0.29, 0.717) is 18.8 Å². The average Bonchev–Trinajstić information content (AvgIpc) is 2.40. The van der Waals surface area contributed by atoms with Gasteiger partial charge in [-0.3, -0.25) is 4.79 Å². The Labute approximate surface area is 120 Å². The summed E-state index contributed by atoms with van der Waals surface area (Å²) in [5.74, 6) is -0.366. The number of anilines is 1. The van der Waals surface area contributed by atoms with E-state index in [4.69, 9.17) is 0 Å². The molecule has 20 heavy (non-hydrogen) atoms. The molecule has 0 saturated heterocycles. The Morgan fingerprint density at radius 1 is 1.15 bits per heavy atom. The van der Waals surface area contributed by atoms with Gasteiger partial charge in [-0.1, -0.05) is 32.0 Å². The number of nitrogens with zero attached hydrogens (tertiary/aromatic N) is 2. The molecular weight excluding hydrogens is 278 g/mol. The molecule has 0 aliphatic heterocycles. The molecule has 1 aromatic carbocycles. The van der Waals surface area contributed by atoms with Gasteiger partial charge in [-0.15, -0.1) is 0 Å². The number of likely N-dealkylation sites (N-methyl/N-ethyl adjacent to an activating group) is 1. The standard InChI is InChI=1S/C13H21N3O3S/c1-4-16(5-2)20(18,19)15(3)11-13(17)14-12-9-7-6-8-10-12/h6-10H,4-5,11H2,1-3H3,(H,14,17). The van der Waals surface area contributed by atoms with Gasteiger partial charge in [0.1, 0.15) is 0 Å². The molecular formula is C13H21N3O3S. The zero-order chi connectivity index (χ0) is 15.2. The molecule has 0 fully saturated rings. The third kappa shape index (κ3) is 4.29. The Morgan fingerprint density at radius 3 is 2.20 bits per heavy atom. The summed E-state index contributed by atoms with van der Waals surface area (Å²) < 4.78 is 26.7. The fourth-order valence-electron chi connectivity index (χ4n) is 1.75. The summed E-state index contributed by atoms with van der Waals surface area (Å²) >= 11 is 0. The van der Waals surface area contributed by atoms with Crippen LogP contribution in [0.1, 0.15) is 13.8 Å². The SMILES string of the molecule is CCN(CC)S(=O)(=O)N(C)CC(=O)Nc1ccccc1. The fraction of sp³-hybridized carbons (Fsp3) is 0.462. The van der Waals surface area contributed by atoms with E-state index < -0.39 is 10.2 Å². The summed E-state index contributed by atoms with van der Waals surface area (Å²) in [7, 11) is -2.18. The molecule has 0 aromatic heterocycles. The number of para-hydroxylation sites is 1. The van der Waals surface area contributed by atoms with Gasteiger partial charge in [0, 0.05) is 25.8 Å². The smallest absolute Gasteiger partial charge is 0.282 e. The molecule has 1 N–H and O–H groups in total. The highest BCUT2D eigenvalue weighted by atomic mass is 32.2. The quantitative estimate of drug-likeness (QED) is 0.821. The first-order valence-corrected chi connectivity index (χ1v) is 7.87. The minimum Gasteiger partial charge on any atom is -0.325 e. The summed E-state index contributed by atoms with van der Waals surface area (Å²) in [6.07, 6.45) is 0. The number of amides is 1. The van der Waals surface area contributed by atoms with Crippen LogP contribution < -0.4 is 5.32 Å². The van der Waals surface area contributed by atoms with Crippen LogP contribution in [0, 0.1) is 0 Å². The number of carbonyl (C=O) groups excluding carboxylic acids is 1. The summed E-state index contributed by atoms with van der Waals surface area (Å²) in [6, 6.07) is 8.93. The van der Waals surface area contributed by atoms with Crippen molar-refractivity contribution >= 4 is 21.8 Å². The second-order valence-electron chi connectivity index (χ2n) is 4.26. The molecule has 0 heterocycles. The molecule has 1 rings (SSSR count). The Hall–Kier alpha value is -1.44. The van der Waals surface area contributed by atoms with Crippen molar-refractivity contribution in [3.05, 3.63) is 30.3 Å². The lowest BCUT2D eigenvalue weighted by atomic mass is 10.3. The van der Waals surface area contributed by atoms with Crippen LogP contribution in [0.25, 0.3) is 0 Å². The van der Waals surface area contributed by atoms with Crippen LogP contribution in [0.4, 0.5) is 5.69 Å². The van der Waals surface area contributed by atoms with Crippen molar-refractivity contribution in [3.63, 3.8) is 0 Å². The van der Waals surface area contributed by atoms with E-state index in [9.17, 15) is 13.2 Å². The van der Waals surface area contributed by atoms with Crippen molar-refractivity contribution < 1.29 is 13.2 Å². The summed E-state index contributed by atoms with van der Waals surface area (Å²) in [4.78, 5) is 11.8. The third-order valence-corrected chi connectivity index (χ3v) is 4.94. The lowest BCUT2D eigenvalue weighted by molar-refractivity contribution is -0.116. The lowest BCUT2D eigenvalue weighted by Gasteiger charge is -2.25. The second-order valence-corrected chi connectivity index (χ2v) is 6.30. The molecule has 0 bridgehead atoms. The van der Waals surface area contributed by atoms with Crippen LogP contribution in [0.2, 0.25) is 0 Å². The van der Waals surface area contributed by atoms with Crippen LogP contribution >= 0.6 is 0 Å². The van der Waals surface area contributed by atoms with Gasteiger partial charge in [-0.05, 0) is 12.1 Å². The van der Waals surface area contributed by atoms with E-state index in [1.165, 1.54) is 11.4 Å². The molecule has 0 spiro atoms. The van der Waals surface area contributed by atoms with Gasteiger partial charge in [0.15, 0.2) is 0 Å². The van der Waals surface area contributed by atoms with E-state index in [1.54, 1.807) is 38.1 Å². The summed E-state index contributed by atoms with van der Waals surface area (Å²) in [5.41, 5.74) is 0.645. The maximum atomic E-state index is 12.2. The topological polar surface area (TPSA) is 69.7 Å². The highest BCUT2D eigenvalue weighted by Gasteiger charge is 2.25. The number of benzene rings is 1. The van der Waals surface area contributed by atoms with Gasteiger partial charge in [-0.2, -0.15) is 17.0 Å². The van der Waals surface area contributed by atoms with Crippen LogP contribution in [-0.2, 0) is 15.0 Å². The third-order valence-electron chi connectivity index (χ3n) is 2.85. The van der Waals surface area contributed by atoms with E-state index in [1.807, 2.05) is 6.07 Å². The van der Waals surface area contributed by atoms with E-state index in [2.05, 4.69) is 5.32 Å². The van der Waals surface area contributed by atoms with Crippen LogP contribution in [0.3, 0.4) is 0 Å². The summed E-state index contributed by atoms with van der Waals surface area (Å²) in [6.45, 7) is 4.07. The first kappa shape index (κ1) is 16.6. The Morgan fingerprint density at radius 2 is 1.70 bits per heavy atom. The number of carbonyl (C=O) groups is 1. The van der Waals surface area contributed by atoms with Crippen molar-refractivity contribution in [1.82, 2.24) is 8.61 Å². The molecule has 0 atom stereocenters. The lowest BCUT2D eigenvalue weighted by Crippen LogP contribution is -2.44. The molecule has 112 valence electrons. The molecule has 6 nitrogen and oxygen atoms in total. The van der Waals surface area contributed by atoms with Gasteiger partial charge < -0.3 is 5.32 Å². The minimum absolute atomic E-state index is 0.215. The van der Waals surface area contributed by atoms with Gasteiger partial charge in [-0.25, -0.2) is 0 Å². The average molecular weight is 299 g/mol. The largest absolute Gasteiger partial charge is 0.325 e. The molecule has 0 saturated carbocycles. The van der Waals surface area contributed by atoms with E-state index in [-0.39, 0.29) is 12.5 Å². The Kier molecular flexibility index (Phi) is 6.12. The fourth-order valence-corrected chi connectivity index (χ4v) is 3.08. The number of nitrogens with one attached hydrogen (secondary N) is 1. The highest BCUT2D eigenvalue weighted by molar-refractivity contribution is 7.86. The van der Waals surface area contributed by atoms with Crippen molar-refractivity contribution in [3.8, 4) is 0 Å².